The fraction of sp³-hybridized carbons (Fsp3) is 0.179. The molecule has 2 heterocycles. The van der Waals surface area contributed by atoms with Crippen LogP contribution in [0.1, 0.15) is 26.3 Å². The van der Waals surface area contributed by atoms with Crippen LogP contribution >= 0.6 is 0 Å². The lowest BCUT2D eigenvalue weighted by Gasteiger charge is -2.35. The van der Waals surface area contributed by atoms with Crippen LogP contribution in [0.25, 0.3) is 22.3 Å². The number of fused-ring (bicyclic) bond motifs is 1. The van der Waals surface area contributed by atoms with Crippen molar-refractivity contribution >= 4 is 22.8 Å². The third-order valence-electron chi connectivity index (χ3n) is 6.40. The highest BCUT2D eigenvalue weighted by Crippen LogP contribution is 2.28. The molecule has 1 aromatic heterocycles. The summed E-state index contributed by atoms with van der Waals surface area (Å²) in [6.45, 7) is 3.05. The number of carbonyl (C=O) groups excluding carboxylic acids is 2. The molecule has 176 valence electrons. The summed E-state index contributed by atoms with van der Waals surface area (Å²) < 4.78 is 6.19. The number of hydrogen-bond donors (Lipinski definition) is 1. The van der Waals surface area contributed by atoms with Crippen LogP contribution in [0.4, 0.5) is 0 Å². The Hall–Kier alpha value is -4.39. The van der Waals surface area contributed by atoms with E-state index < -0.39 is 0 Å². The number of para-hydroxylation sites is 2. The summed E-state index contributed by atoms with van der Waals surface area (Å²) in [5, 5.41) is 10.4. The van der Waals surface area contributed by atoms with Crippen molar-refractivity contribution in [1.29, 1.82) is 0 Å². The van der Waals surface area contributed by atoms with Crippen molar-refractivity contribution < 1.29 is 19.1 Å². The number of phenols is 1. The Kier molecular flexibility index (Phi) is 5.82. The van der Waals surface area contributed by atoms with Crippen LogP contribution < -0.4 is 5.43 Å². The van der Waals surface area contributed by atoms with Gasteiger partial charge in [-0.25, -0.2) is 0 Å². The van der Waals surface area contributed by atoms with Gasteiger partial charge in [-0.1, -0.05) is 48.5 Å². The van der Waals surface area contributed by atoms with E-state index in [4.69, 9.17) is 4.42 Å². The second-order valence-corrected chi connectivity index (χ2v) is 8.54. The number of nitrogens with zero attached hydrogens (tertiary/aromatic N) is 2. The molecular formula is C28H24N2O5. The van der Waals surface area contributed by atoms with Gasteiger partial charge in [0.15, 0.2) is 11.0 Å². The van der Waals surface area contributed by atoms with Crippen molar-refractivity contribution in [3.05, 3.63) is 99.7 Å². The molecule has 1 aliphatic rings. The minimum atomic E-state index is -0.269. The fourth-order valence-electron chi connectivity index (χ4n) is 4.45. The molecule has 0 saturated carbocycles. The fourth-order valence-corrected chi connectivity index (χ4v) is 4.45. The first-order valence-electron chi connectivity index (χ1n) is 11.4. The molecule has 0 radical (unpaired) electrons. The molecule has 1 saturated heterocycles. The van der Waals surface area contributed by atoms with E-state index in [-0.39, 0.29) is 34.1 Å². The van der Waals surface area contributed by atoms with Crippen LogP contribution in [0.2, 0.25) is 0 Å². The van der Waals surface area contributed by atoms with Crippen LogP contribution in [0.3, 0.4) is 0 Å². The van der Waals surface area contributed by atoms with E-state index in [9.17, 15) is 19.5 Å². The largest absolute Gasteiger partial charge is 0.507 e. The molecule has 7 nitrogen and oxygen atoms in total. The van der Waals surface area contributed by atoms with Gasteiger partial charge in [0, 0.05) is 37.3 Å². The predicted molar refractivity (Wildman–Crippen MR) is 133 cm³/mol. The van der Waals surface area contributed by atoms with E-state index >= 15 is 0 Å². The van der Waals surface area contributed by atoms with Crippen molar-refractivity contribution in [2.75, 3.05) is 26.2 Å². The van der Waals surface area contributed by atoms with Crippen LogP contribution in [0.15, 0.2) is 82.0 Å². The van der Waals surface area contributed by atoms with Gasteiger partial charge in [-0.2, -0.15) is 0 Å². The molecule has 3 aromatic carbocycles. The monoisotopic (exact) mass is 468 g/mol. The summed E-state index contributed by atoms with van der Waals surface area (Å²) >= 11 is 0. The molecular weight excluding hydrogens is 444 g/mol. The molecule has 0 spiro atoms. The molecule has 35 heavy (non-hydrogen) atoms. The first-order chi connectivity index (χ1) is 17.0. The number of benzene rings is 3. The van der Waals surface area contributed by atoms with Gasteiger partial charge < -0.3 is 19.3 Å². The lowest BCUT2D eigenvalue weighted by atomic mass is 10.0. The number of piperazine rings is 1. The van der Waals surface area contributed by atoms with Gasteiger partial charge in [0.25, 0.3) is 11.8 Å². The minimum Gasteiger partial charge on any atom is -0.507 e. The average Bonchev–Trinajstić information content (AvgIpc) is 2.90. The Bertz CT molecular complexity index is 1480. The molecule has 1 aliphatic heterocycles. The number of phenolic OH excluding ortho intramolecular Hbond substituents is 1. The van der Waals surface area contributed by atoms with Crippen LogP contribution in [-0.4, -0.2) is 52.9 Å². The van der Waals surface area contributed by atoms with Gasteiger partial charge in [-0.15, -0.1) is 0 Å². The Morgan fingerprint density at radius 2 is 1.34 bits per heavy atom. The van der Waals surface area contributed by atoms with Crippen molar-refractivity contribution in [1.82, 2.24) is 9.80 Å². The summed E-state index contributed by atoms with van der Waals surface area (Å²) in [7, 11) is 0. The first kappa shape index (κ1) is 22.4. The van der Waals surface area contributed by atoms with Gasteiger partial charge >= 0.3 is 0 Å². The zero-order valence-electron chi connectivity index (χ0n) is 19.2. The highest BCUT2D eigenvalue weighted by atomic mass is 16.3. The van der Waals surface area contributed by atoms with E-state index in [1.165, 1.54) is 6.07 Å². The van der Waals surface area contributed by atoms with Crippen molar-refractivity contribution in [2.45, 2.75) is 6.92 Å². The quantitative estimate of drug-likeness (QED) is 0.489. The number of carbonyl (C=O) groups is 2. The topological polar surface area (TPSA) is 91.1 Å². The minimum absolute atomic E-state index is 0.0636. The predicted octanol–water partition coefficient (Wildman–Crippen LogP) is 4.07. The van der Waals surface area contributed by atoms with Crippen molar-refractivity contribution in [3.8, 4) is 17.1 Å². The maximum absolute atomic E-state index is 13.5. The third kappa shape index (κ3) is 4.05. The van der Waals surface area contributed by atoms with Crippen LogP contribution in [0, 0.1) is 6.92 Å². The van der Waals surface area contributed by atoms with Gasteiger partial charge in [0.05, 0.1) is 16.5 Å². The first-order valence-corrected chi connectivity index (χ1v) is 11.4. The molecule has 7 heteroatoms. The van der Waals surface area contributed by atoms with E-state index in [1.807, 2.05) is 30.3 Å². The molecule has 0 aliphatic carbocycles. The van der Waals surface area contributed by atoms with E-state index in [0.29, 0.717) is 48.5 Å². The van der Waals surface area contributed by atoms with Gasteiger partial charge in [0.1, 0.15) is 11.5 Å². The van der Waals surface area contributed by atoms with Crippen LogP contribution in [-0.2, 0) is 0 Å². The number of aromatic hydroxyl groups is 1. The zero-order valence-corrected chi connectivity index (χ0v) is 19.2. The number of hydrogen-bond acceptors (Lipinski definition) is 5. The number of rotatable bonds is 3. The third-order valence-corrected chi connectivity index (χ3v) is 6.40. The van der Waals surface area contributed by atoms with E-state index in [1.54, 1.807) is 53.1 Å². The van der Waals surface area contributed by atoms with Gasteiger partial charge in [-0.05, 0) is 31.2 Å². The summed E-state index contributed by atoms with van der Waals surface area (Å²) in [6, 6.07) is 20.8. The molecule has 0 unspecified atom stereocenters. The Morgan fingerprint density at radius 3 is 2.00 bits per heavy atom. The second-order valence-electron chi connectivity index (χ2n) is 8.54. The molecule has 1 N–H and O–H groups in total. The van der Waals surface area contributed by atoms with Gasteiger partial charge in [-0.3, -0.25) is 14.4 Å². The van der Waals surface area contributed by atoms with Crippen LogP contribution in [0.5, 0.6) is 5.75 Å². The lowest BCUT2D eigenvalue weighted by Crippen LogP contribution is -2.50. The smallest absolute Gasteiger partial charge is 0.257 e. The van der Waals surface area contributed by atoms with E-state index in [2.05, 4.69) is 0 Å². The second kappa shape index (κ2) is 9.10. The Morgan fingerprint density at radius 1 is 0.771 bits per heavy atom. The Balaban J connectivity index is 1.43. The summed E-state index contributed by atoms with van der Waals surface area (Å²) in [5.74, 6) is -0.140. The highest BCUT2D eigenvalue weighted by molar-refractivity contribution is 6.05. The maximum Gasteiger partial charge on any atom is 0.257 e. The lowest BCUT2D eigenvalue weighted by molar-refractivity contribution is 0.0534. The molecule has 0 atom stereocenters. The molecule has 1 fully saturated rings. The Labute approximate surface area is 201 Å². The maximum atomic E-state index is 13.5. The summed E-state index contributed by atoms with van der Waals surface area (Å²) in [6.07, 6.45) is 0. The average molecular weight is 469 g/mol. The summed E-state index contributed by atoms with van der Waals surface area (Å²) in [5.41, 5.74) is 1.91. The van der Waals surface area contributed by atoms with Crippen molar-refractivity contribution in [2.24, 2.45) is 0 Å². The number of amides is 2. The zero-order chi connectivity index (χ0) is 24.5. The van der Waals surface area contributed by atoms with E-state index in [0.717, 1.165) is 5.56 Å². The molecule has 0 bridgehead atoms. The van der Waals surface area contributed by atoms with Crippen molar-refractivity contribution in [3.63, 3.8) is 0 Å². The SMILES string of the molecule is Cc1c(-c2ccccc2)oc2c(C(=O)N3CCN(C(=O)c4ccccc4O)CC3)cccc2c1=O. The summed E-state index contributed by atoms with van der Waals surface area (Å²) in [4.78, 5) is 42.7. The normalized spacial score (nSPS) is 13.7. The molecule has 2 amide bonds. The molecule has 5 rings (SSSR count). The highest BCUT2D eigenvalue weighted by Gasteiger charge is 2.28. The standard InChI is InChI=1S/C28H24N2O5/c1-18-24(32)21-11-7-12-22(26(21)35-25(18)19-8-3-2-4-9-19)28(34)30-16-14-29(15-17-30)27(33)20-10-5-6-13-23(20)31/h2-13,31H,14-17H2,1H3. The molecule has 4 aromatic rings. The van der Waals surface area contributed by atoms with Gasteiger partial charge in [0.2, 0.25) is 0 Å².